The first-order valence-electron chi connectivity index (χ1n) is 5.97. The summed E-state index contributed by atoms with van der Waals surface area (Å²) in [5.41, 5.74) is 2.30. The fourth-order valence-electron chi connectivity index (χ4n) is 2.39. The molecule has 0 aliphatic carbocycles. The van der Waals surface area contributed by atoms with Crippen LogP contribution in [0.5, 0.6) is 0 Å². The number of nitrogens with zero attached hydrogens (tertiary/aromatic N) is 1. The van der Waals surface area contributed by atoms with Gasteiger partial charge in [-0.05, 0) is 39.2 Å². The predicted octanol–water partition coefficient (Wildman–Crippen LogP) is 1.84. The maximum absolute atomic E-state index is 11.5. The van der Waals surface area contributed by atoms with Crippen LogP contribution in [-0.4, -0.2) is 29.1 Å². The Morgan fingerprint density at radius 3 is 3.06 bits per heavy atom. The molecule has 2 N–H and O–H groups in total. The molecule has 1 aromatic heterocycles. The molecule has 0 aromatic carbocycles. The minimum absolute atomic E-state index is 0.575. The molecular formula is C12H18N2O2S. The van der Waals surface area contributed by atoms with Crippen molar-refractivity contribution in [2.24, 2.45) is 5.41 Å². The van der Waals surface area contributed by atoms with E-state index >= 15 is 0 Å². The number of hydrogen-bond donors (Lipinski definition) is 2. The largest absolute Gasteiger partial charge is 0.481 e. The molecule has 1 saturated heterocycles. The number of thiazole rings is 1. The summed E-state index contributed by atoms with van der Waals surface area (Å²) in [5.74, 6) is -0.660. The zero-order valence-electron chi connectivity index (χ0n) is 10.0. The Hall–Kier alpha value is -0.940. The van der Waals surface area contributed by atoms with Gasteiger partial charge in [-0.2, -0.15) is 0 Å². The van der Waals surface area contributed by atoms with Crippen molar-refractivity contribution in [1.29, 1.82) is 0 Å². The Kier molecular flexibility index (Phi) is 3.79. The van der Waals surface area contributed by atoms with E-state index in [0.29, 0.717) is 13.0 Å². The second-order valence-electron chi connectivity index (χ2n) is 4.73. The first kappa shape index (κ1) is 12.5. The topological polar surface area (TPSA) is 62.2 Å². The molecule has 1 aliphatic rings. The maximum Gasteiger partial charge on any atom is 0.310 e. The van der Waals surface area contributed by atoms with Crippen LogP contribution in [0.3, 0.4) is 0 Å². The lowest BCUT2D eigenvalue weighted by Crippen LogP contribution is -2.45. The summed E-state index contributed by atoms with van der Waals surface area (Å²) >= 11 is 1.62. The fourth-order valence-corrected chi connectivity index (χ4v) is 3.17. The number of aliphatic carboxylic acids is 1. The number of aryl methyl sites for hydroxylation is 2. The smallest absolute Gasteiger partial charge is 0.310 e. The molecule has 17 heavy (non-hydrogen) atoms. The van der Waals surface area contributed by atoms with Gasteiger partial charge in [-0.3, -0.25) is 4.79 Å². The SMILES string of the molecule is Cc1ncsc1CCC1(C(=O)O)CCCNC1. The second-order valence-corrected chi connectivity index (χ2v) is 5.67. The summed E-state index contributed by atoms with van der Waals surface area (Å²) in [7, 11) is 0. The predicted molar refractivity (Wildman–Crippen MR) is 67.3 cm³/mol. The van der Waals surface area contributed by atoms with Crippen molar-refractivity contribution in [2.45, 2.75) is 32.6 Å². The molecule has 1 atom stereocenters. The van der Waals surface area contributed by atoms with Gasteiger partial charge in [0.2, 0.25) is 0 Å². The van der Waals surface area contributed by atoms with Gasteiger partial charge in [0, 0.05) is 11.4 Å². The van der Waals surface area contributed by atoms with Crippen LogP contribution >= 0.6 is 11.3 Å². The third kappa shape index (κ3) is 2.66. The summed E-state index contributed by atoms with van der Waals surface area (Å²) < 4.78 is 0. The second kappa shape index (κ2) is 5.14. The van der Waals surface area contributed by atoms with E-state index in [0.717, 1.165) is 31.5 Å². The number of carboxylic acids is 1. The first-order chi connectivity index (χ1) is 8.14. The normalized spacial score (nSPS) is 24.8. The highest BCUT2D eigenvalue weighted by atomic mass is 32.1. The third-order valence-corrected chi connectivity index (χ3v) is 4.60. The highest BCUT2D eigenvalue weighted by molar-refractivity contribution is 7.09. The molecule has 4 nitrogen and oxygen atoms in total. The monoisotopic (exact) mass is 254 g/mol. The van der Waals surface area contributed by atoms with Gasteiger partial charge in [0.1, 0.15) is 0 Å². The summed E-state index contributed by atoms with van der Waals surface area (Å²) in [5, 5.41) is 12.6. The molecule has 5 heteroatoms. The van der Waals surface area contributed by atoms with E-state index in [-0.39, 0.29) is 0 Å². The summed E-state index contributed by atoms with van der Waals surface area (Å²) in [4.78, 5) is 16.9. The van der Waals surface area contributed by atoms with E-state index < -0.39 is 11.4 Å². The van der Waals surface area contributed by atoms with E-state index in [1.807, 2.05) is 12.4 Å². The molecule has 1 fully saturated rings. The Labute approximate surface area is 105 Å². The molecule has 2 rings (SSSR count). The molecule has 0 radical (unpaired) electrons. The van der Waals surface area contributed by atoms with Crippen LogP contribution in [0.4, 0.5) is 0 Å². The zero-order chi connectivity index (χ0) is 12.3. The zero-order valence-corrected chi connectivity index (χ0v) is 10.8. The highest BCUT2D eigenvalue weighted by Crippen LogP contribution is 2.33. The van der Waals surface area contributed by atoms with Gasteiger partial charge in [0.25, 0.3) is 0 Å². The molecule has 0 spiro atoms. The van der Waals surface area contributed by atoms with Crippen molar-refractivity contribution in [3.63, 3.8) is 0 Å². The number of carboxylic acid groups (broad SMARTS) is 1. The molecule has 2 heterocycles. The lowest BCUT2D eigenvalue weighted by atomic mass is 9.77. The van der Waals surface area contributed by atoms with Gasteiger partial charge in [-0.15, -0.1) is 11.3 Å². The van der Waals surface area contributed by atoms with Crippen molar-refractivity contribution in [3.05, 3.63) is 16.1 Å². The first-order valence-corrected chi connectivity index (χ1v) is 6.85. The standard InChI is InChI=1S/C12H18N2O2S/c1-9-10(17-8-14-9)3-5-12(11(15)16)4-2-6-13-7-12/h8,13H,2-7H2,1H3,(H,15,16). The van der Waals surface area contributed by atoms with Crippen LogP contribution in [0.25, 0.3) is 0 Å². The number of piperidine rings is 1. The van der Waals surface area contributed by atoms with Crippen molar-refractivity contribution in [2.75, 3.05) is 13.1 Å². The number of carbonyl (C=O) groups is 1. The van der Waals surface area contributed by atoms with Crippen molar-refractivity contribution in [3.8, 4) is 0 Å². The Balaban J connectivity index is 2.03. The lowest BCUT2D eigenvalue weighted by molar-refractivity contribution is -0.150. The molecular weight excluding hydrogens is 236 g/mol. The summed E-state index contributed by atoms with van der Waals surface area (Å²) in [6.45, 7) is 3.52. The minimum Gasteiger partial charge on any atom is -0.481 e. The van der Waals surface area contributed by atoms with Gasteiger partial charge in [0.05, 0.1) is 16.6 Å². The Morgan fingerprint density at radius 2 is 2.53 bits per heavy atom. The molecule has 0 saturated carbocycles. The Morgan fingerprint density at radius 1 is 1.71 bits per heavy atom. The average Bonchev–Trinajstić information content (AvgIpc) is 2.73. The number of nitrogens with one attached hydrogen (secondary N) is 1. The molecule has 1 aromatic rings. The number of hydrogen-bond acceptors (Lipinski definition) is 4. The van der Waals surface area contributed by atoms with Crippen LogP contribution in [0.2, 0.25) is 0 Å². The molecule has 1 unspecified atom stereocenters. The van der Waals surface area contributed by atoms with Gasteiger partial charge in [0.15, 0.2) is 0 Å². The Bertz CT molecular complexity index is 397. The fraction of sp³-hybridized carbons (Fsp3) is 0.667. The van der Waals surface area contributed by atoms with Crippen LogP contribution in [-0.2, 0) is 11.2 Å². The van der Waals surface area contributed by atoms with Crippen molar-refractivity contribution >= 4 is 17.3 Å². The van der Waals surface area contributed by atoms with E-state index in [1.165, 1.54) is 4.88 Å². The van der Waals surface area contributed by atoms with Crippen molar-refractivity contribution in [1.82, 2.24) is 10.3 Å². The van der Waals surface area contributed by atoms with Crippen LogP contribution in [0, 0.1) is 12.3 Å². The molecule has 94 valence electrons. The summed E-state index contributed by atoms with van der Waals surface area (Å²) in [6, 6.07) is 0. The number of aromatic nitrogens is 1. The van der Waals surface area contributed by atoms with Gasteiger partial charge in [-0.25, -0.2) is 4.98 Å². The van der Waals surface area contributed by atoms with E-state index in [4.69, 9.17) is 0 Å². The third-order valence-electron chi connectivity index (χ3n) is 3.60. The van der Waals surface area contributed by atoms with E-state index in [9.17, 15) is 9.90 Å². The van der Waals surface area contributed by atoms with Gasteiger partial charge in [-0.1, -0.05) is 0 Å². The quantitative estimate of drug-likeness (QED) is 0.860. The van der Waals surface area contributed by atoms with Crippen LogP contribution < -0.4 is 5.32 Å². The molecule has 0 bridgehead atoms. The van der Waals surface area contributed by atoms with E-state index in [1.54, 1.807) is 11.3 Å². The summed E-state index contributed by atoms with van der Waals surface area (Å²) in [6.07, 6.45) is 3.27. The minimum atomic E-state index is -0.660. The maximum atomic E-state index is 11.5. The van der Waals surface area contributed by atoms with Crippen LogP contribution in [0.15, 0.2) is 5.51 Å². The van der Waals surface area contributed by atoms with Gasteiger partial charge >= 0.3 is 5.97 Å². The molecule has 1 aliphatic heterocycles. The average molecular weight is 254 g/mol. The lowest BCUT2D eigenvalue weighted by Gasteiger charge is -2.33. The molecule has 0 amide bonds. The van der Waals surface area contributed by atoms with Crippen molar-refractivity contribution < 1.29 is 9.90 Å². The highest BCUT2D eigenvalue weighted by Gasteiger charge is 2.39. The van der Waals surface area contributed by atoms with E-state index in [2.05, 4.69) is 10.3 Å². The number of rotatable bonds is 4. The van der Waals surface area contributed by atoms with Gasteiger partial charge < -0.3 is 10.4 Å². The van der Waals surface area contributed by atoms with Crippen LogP contribution in [0.1, 0.15) is 29.8 Å².